The first-order valence-electron chi connectivity index (χ1n) is 9.07. The van der Waals surface area contributed by atoms with Crippen molar-refractivity contribution in [3.8, 4) is 0 Å². The van der Waals surface area contributed by atoms with E-state index in [-0.39, 0.29) is 5.41 Å². The molecule has 0 bridgehead atoms. The molecular weight excluding hydrogens is 330 g/mol. The van der Waals surface area contributed by atoms with Gasteiger partial charge in [-0.15, -0.1) is 0 Å². The number of amides is 2. The minimum Gasteiger partial charge on any atom is -0.335 e. The van der Waals surface area contributed by atoms with Crippen LogP contribution in [-0.4, -0.2) is 49.2 Å². The number of aliphatic imine (C=N–C) groups is 1. The highest BCUT2D eigenvalue weighted by atomic mass is 16.1. The lowest BCUT2D eigenvalue weighted by molar-refractivity contribution is -0.109. The van der Waals surface area contributed by atoms with E-state index in [1.54, 1.807) is 0 Å². The number of piperidine rings is 1. The third-order valence-corrected chi connectivity index (χ3v) is 5.63. The van der Waals surface area contributed by atoms with E-state index in [0.29, 0.717) is 24.7 Å². The van der Waals surface area contributed by atoms with Crippen LogP contribution in [0.15, 0.2) is 41.2 Å². The van der Waals surface area contributed by atoms with E-state index in [4.69, 9.17) is 5.73 Å². The van der Waals surface area contributed by atoms with Gasteiger partial charge in [0, 0.05) is 25.3 Å². The maximum Gasteiger partial charge on any atom is 0.212 e. The van der Waals surface area contributed by atoms with Crippen molar-refractivity contribution < 1.29 is 9.59 Å². The van der Waals surface area contributed by atoms with Gasteiger partial charge in [-0.05, 0) is 48.8 Å². The minimum absolute atomic E-state index is 0.126. The molecule has 0 aromatic carbocycles. The Labute approximate surface area is 154 Å². The van der Waals surface area contributed by atoms with Crippen molar-refractivity contribution in [3.63, 3.8) is 0 Å². The van der Waals surface area contributed by atoms with Crippen LogP contribution in [0.4, 0.5) is 0 Å². The average molecular weight is 357 g/mol. The fourth-order valence-electron chi connectivity index (χ4n) is 3.77. The number of rotatable bonds is 8. The van der Waals surface area contributed by atoms with Crippen LogP contribution < -0.4 is 16.4 Å². The zero-order chi connectivity index (χ0) is 18.6. The lowest BCUT2D eigenvalue weighted by Crippen LogP contribution is -2.32. The summed E-state index contributed by atoms with van der Waals surface area (Å²) in [5.41, 5.74) is 6.93. The molecule has 0 spiro atoms. The Hall–Kier alpha value is -2.25. The molecule has 140 valence electrons. The molecule has 1 saturated carbocycles. The summed E-state index contributed by atoms with van der Waals surface area (Å²) in [7, 11) is 0. The number of nitrogens with zero attached hydrogens (tertiary/aromatic N) is 2. The molecule has 7 nitrogen and oxygen atoms in total. The van der Waals surface area contributed by atoms with E-state index >= 15 is 0 Å². The number of likely N-dealkylation sites (tertiary alicyclic amines) is 1. The number of allylic oxidation sites excluding steroid dienone is 3. The number of carbonyl (C=O) groups is 2. The molecule has 7 heteroatoms. The molecule has 1 saturated heterocycles. The monoisotopic (exact) mass is 357 g/mol. The van der Waals surface area contributed by atoms with E-state index in [0.717, 1.165) is 50.0 Å². The van der Waals surface area contributed by atoms with Crippen molar-refractivity contribution in [2.75, 3.05) is 19.6 Å². The van der Waals surface area contributed by atoms with Crippen LogP contribution in [0.1, 0.15) is 19.8 Å². The molecule has 3 atom stereocenters. The van der Waals surface area contributed by atoms with Crippen LogP contribution in [0, 0.1) is 17.3 Å². The molecule has 3 aliphatic rings. The first-order chi connectivity index (χ1) is 12.5. The molecule has 1 heterocycles. The van der Waals surface area contributed by atoms with Crippen LogP contribution in [0.5, 0.6) is 0 Å². The van der Waals surface area contributed by atoms with E-state index in [1.165, 1.54) is 12.3 Å². The lowest BCUT2D eigenvalue weighted by atomic mass is 9.80. The number of hydrogen-bond acceptors (Lipinski definition) is 5. The predicted molar refractivity (Wildman–Crippen MR) is 101 cm³/mol. The first-order valence-corrected chi connectivity index (χ1v) is 9.07. The van der Waals surface area contributed by atoms with Gasteiger partial charge in [0.05, 0.1) is 5.70 Å². The molecule has 2 aliphatic carbocycles. The SMILES string of the molecule is CC1(CCN2CC3C(N)C3C2)C=CC(N=C(/C=C\NC=O)NC=O)=CC1. The Morgan fingerprint density at radius 1 is 1.38 bits per heavy atom. The third kappa shape index (κ3) is 4.47. The Morgan fingerprint density at radius 2 is 2.15 bits per heavy atom. The van der Waals surface area contributed by atoms with Crippen molar-refractivity contribution in [1.82, 2.24) is 15.5 Å². The van der Waals surface area contributed by atoms with Crippen molar-refractivity contribution in [2.24, 2.45) is 28.0 Å². The van der Waals surface area contributed by atoms with Gasteiger partial charge in [-0.25, -0.2) is 4.99 Å². The van der Waals surface area contributed by atoms with Crippen molar-refractivity contribution >= 4 is 18.7 Å². The number of nitrogens with one attached hydrogen (secondary N) is 2. The highest BCUT2D eigenvalue weighted by Gasteiger charge is 2.53. The summed E-state index contributed by atoms with van der Waals surface area (Å²) in [5, 5.41) is 4.91. The summed E-state index contributed by atoms with van der Waals surface area (Å²) >= 11 is 0. The van der Waals surface area contributed by atoms with Gasteiger partial charge in [-0.1, -0.05) is 19.1 Å². The van der Waals surface area contributed by atoms with E-state index in [1.807, 2.05) is 6.08 Å². The molecule has 26 heavy (non-hydrogen) atoms. The minimum atomic E-state index is 0.126. The fraction of sp³-hybridized carbons (Fsp3) is 0.526. The molecule has 2 amide bonds. The zero-order valence-corrected chi connectivity index (χ0v) is 15.1. The molecule has 0 aromatic heterocycles. The summed E-state index contributed by atoms with van der Waals surface area (Å²) in [6, 6.07) is 0.449. The summed E-state index contributed by atoms with van der Waals surface area (Å²) in [5.74, 6) is 1.84. The summed E-state index contributed by atoms with van der Waals surface area (Å²) in [6.07, 6.45) is 12.4. The highest BCUT2D eigenvalue weighted by molar-refractivity contribution is 5.99. The van der Waals surface area contributed by atoms with Gasteiger partial charge in [0.25, 0.3) is 0 Å². The number of hydrogen-bond donors (Lipinski definition) is 3. The van der Waals surface area contributed by atoms with E-state index in [2.05, 4.69) is 39.6 Å². The van der Waals surface area contributed by atoms with Crippen LogP contribution in [-0.2, 0) is 9.59 Å². The van der Waals surface area contributed by atoms with Crippen molar-refractivity contribution in [2.45, 2.75) is 25.8 Å². The average Bonchev–Trinajstić information content (AvgIpc) is 3.05. The Morgan fingerprint density at radius 3 is 2.77 bits per heavy atom. The van der Waals surface area contributed by atoms with Gasteiger partial charge in [-0.3, -0.25) is 9.59 Å². The molecule has 2 fully saturated rings. The second-order valence-electron chi connectivity index (χ2n) is 7.61. The number of carbonyl (C=O) groups excluding carboxylic acids is 2. The maximum atomic E-state index is 10.7. The lowest BCUT2D eigenvalue weighted by Gasteiger charge is -2.30. The van der Waals surface area contributed by atoms with E-state index < -0.39 is 0 Å². The van der Waals surface area contributed by atoms with Crippen LogP contribution in [0.3, 0.4) is 0 Å². The van der Waals surface area contributed by atoms with Crippen LogP contribution in [0.2, 0.25) is 0 Å². The second kappa shape index (κ2) is 7.97. The van der Waals surface area contributed by atoms with Gasteiger partial charge < -0.3 is 21.3 Å². The van der Waals surface area contributed by atoms with Crippen molar-refractivity contribution in [3.05, 3.63) is 36.2 Å². The zero-order valence-electron chi connectivity index (χ0n) is 15.1. The summed E-state index contributed by atoms with van der Waals surface area (Å²) < 4.78 is 0. The Balaban J connectivity index is 1.51. The molecule has 3 rings (SSSR count). The van der Waals surface area contributed by atoms with Gasteiger partial charge in [0.2, 0.25) is 12.8 Å². The second-order valence-corrected chi connectivity index (χ2v) is 7.61. The molecule has 4 N–H and O–H groups in total. The van der Waals surface area contributed by atoms with Gasteiger partial charge in [0.1, 0.15) is 5.84 Å². The van der Waals surface area contributed by atoms with E-state index in [9.17, 15) is 9.59 Å². The van der Waals surface area contributed by atoms with Gasteiger partial charge >= 0.3 is 0 Å². The molecule has 0 radical (unpaired) electrons. The fourth-order valence-corrected chi connectivity index (χ4v) is 3.77. The Bertz CT molecular complexity index is 657. The van der Waals surface area contributed by atoms with Gasteiger partial charge in [0.15, 0.2) is 0 Å². The number of nitrogens with two attached hydrogens (primary N) is 1. The molecule has 0 aromatic rings. The number of amidine groups is 1. The predicted octanol–water partition coefficient (Wildman–Crippen LogP) is 0.520. The quantitative estimate of drug-likeness (QED) is 0.335. The third-order valence-electron chi connectivity index (χ3n) is 5.63. The van der Waals surface area contributed by atoms with Crippen molar-refractivity contribution in [1.29, 1.82) is 0 Å². The highest BCUT2D eigenvalue weighted by Crippen LogP contribution is 2.44. The first kappa shape index (κ1) is 18.5. The topological polar surface area (TPSA) is 99.8 Å². The smallest absolute Gasteiger partial charge is 0.212 e. The number of fused-ring (bicyclic) bond motifs is 1. The van der Waals surface area contributed by atoms with Gasteiger partial charge in [-0.2, -0.15) is 0 Å². The van der Waals surface area contributed by atoms with Crippen LogP contribution >= 0.6 is 0 Å². The molecular formula is C19H27N5O2. The van der Waals surface area contributed by atoms with Crippen LogP contribution in [0.25, 0.3) is 0 Å². The summed E-state index contributed by atoms with van der Waals surface area (Å²) in [4.78, 5) is 27.9. The molecule has 3 unspecified atom stereocenters. The normalized spacial score (nSPS) is 33.7. The Kier molecular flexibility index (Phi) is 5.68. The largest absolute Gasteiger partial charge is 0.335 e. The molecule has 1 aliphatic heterocycles. The maximum absolute atomic E-state index is 10.7. The summed E-state index contributed by atoms with van der Waals surface area (Å²) in [6.45, 7) is 5.67. The standard InChI is InChI=1S/C19H27N5O2/c1-19(7-9-24-10-15-16(11-24)18(15)20)5-2-14(3-6-19)23-17(22-13-26)4-8-21-12-25/h2-5,8,12-13,15-16,18H,6-7,9-11,20H2,1H3,(H,21,25)(H,22,23,26)/b8-4-.